The number of hydrogen-bond acceptors (Lipinski definition) is 6. The average molecular weight is 478 g/mol. The standard InChI is InChI=1S/C23H24ClNO6S/c1-5-15-10-21(26)30-19-12-20(18(24)11-17(15)19)31-23(27)22(13(2)3)25-32(28,29)16-8-6-14(4)7-9-16/h6-13,22,25H,5H2,1-4H3/t22-/m1/s1. The van der Waals surface area contributed by atoms with Gasteiger partial charge in [-0.2, -0.15) is 4.72 Å². The number of nitrogens with one attached hydrogen (secondary N) is 1. The Hall–Kier alpha value is -2.68. The third-order valence-electron chi connectivity index (χ3n) is 5.01. The van der Waals surface area contributed by atoms with Gasteiger partial charge in [0.15, 0.2) is 5.75 Å². The number of hydrogen-bond donors (Lipinski definition) is 1. The molecule has 1 aromatic heterocycles. The molecular formula is C23H24ClNO6S. The summed E-state index contributed by atoms with van der Waals surface area (Å²) < 4.78 is 38.6. The van der Waals surface area contributed by atoms with Gasteiger partial charge in [0.05, 0.1) is 9.92 Å². The number of rotatable bonds is 7. The Balaban J connectivity index is 1.91. The van der Waals surface area contributed by atoms with Gasteiger partial charge in [-0.25, -0.2) is 18.0 Å². The van der Waals surface area contributed by atoms with Gasteiger partial charge in [-0.15, -0.1) is 0 Å². The predicted molar refractivity (Wildman–Crippen MR) is 123 cm³/mol. The number of aryl methyl sites for hydroxylation is 2. The number of halogens is 1. The summed E-state index contributed by atoms with van der Waals surface area (Å²) >= 11 is 6.31. The zero-order valence-electron chi connectivity index (χ0n) is 18.1. The van der Waals surface area contributed by atoms with Crippen LogP contribution in [-0.2, 0) is 21.2 Å². The summed E-state index contributed by atoms with van der Waals surface area (Å²) in [5, 5.41) is 0.774. The molecule has 170 valence electrons. The zero-order valence-corrected chi connectivity index (χ0v) is 19.7. The molecule has 1 N–H and O–H groups in total. The van der Waals surface area contributed by atoms with E-state index in [-0.39, 0.29) is 21.3 Å². The van der Waals surface area contributed by atoms with Crippen molar-refractivity contribution in [1.82, 2.24) is 4.72 Å². The number of fused-ring (bicyclic) bond motifs is 1. The van der Waals surface area contributed by atoms with Crippen LogP contribution in [0.2, 0.25) is 5.02 Å². The summed E-state index contributed by atoms with van der Waals surface area (Å²) in [4.78, 5) is 24.7. The minimum absolute atomic E-state index is 0.0271. The van der Waals surface area contributed by atoms with E-state index < -0.39 is 33.6 Å². The molecule has 3 aromatic rings. The second kappa shape index (κ2) is 9.44. The molecule has 0 spiro atoms. The second-order valence-corrected chi connectivity index (χ2v) is 9.92. The SMILES string of the molecule is CCc1cc(=O)oc2cc(OC(=O)[C@H](NS(=O)(=O)c3ccc(C)cc3)C(C)C)c(Cl)cc12. The van der Waals surface area contributed by atoms with E-state index in [1.165, 1.54) is 24.3 Å². The highest BCUT2D eigenvalue weighted by molar-refractivity contribution is 7.89. The van der Waals surface area contributed by atoms with Crippen molar-refractivity contribution in [2.75, 3.05) is 0 Å². The average Bonchev–Trinajstić information content (AvgIpc) is 2.72. The molecule has 1 atom stereocenters. The normalized spacial score (nSPS) is 12.8. The molecule has 0 bridgehead atoms. The number of carbonyl (C=O) groups excluding carboxylic acids is 1. The minimum atomic E-state index is -3.96. The van der Waals surface area contributed by atoms with E-state index in [2.05, 4.69) is 4.72 Å². The van der Waals surface area contributed by atoms with Gasteiger partial charge >= 0.3 is 11.6 Å². The van der Waals surface area contributed by atoms with Crippen LogP contribution in [0, 0.1) is 12.8 Å². The van der Waals surface area contributed by atoms with E-state index in [9.17, 15) is 18.0 Å². The van der Waals surface area contributed by atoms with Crippen LogP contribution in [-0.4, -0.2) is 20.4 Å². The van der Waals surface area contributed by atoms with Gasteiger partial charge < -0.3 is 9.15 Å². The highest BCUT2D eigenvalue weighted by Crippen LogP contribution is 2.32. The van der Waals surface area contributed by atoms with Gasteiger partial charge in [0.25, 0.3) is 0 Å². The molecule has 32 heavy (non-hydrogen) atoms. The van der Waals surface area contributed by atoms with Crippen molar-refractivity contribution >= 4 is 38.6 Å². The third-order valence-corrected chi connectivity index (χ3v) is 6.76. The van der Waals surface area contributed by atoms with Gasteiger partial charge in [0, 0.05) is 17.5 Å². The quantitative estimate of drug-likeness (QED) is 0.310. The third kappa shape index (κ3) is 5.20. The predicted octanol–water partition coefficient (Wildman–Crippen LogP) is 4.23. The summed E-state index contributed by atoms with van der Waals surface area (Å²) in [5.74, 6) is -1.27. The number of benzene rings is 2. The molecule has 0 aliphatic rings. The topological polar surface area (TPSA) is 103 Å². The van der Waals surface area contributed by atoms with Crippen LogP contribution in [0.4, 0.5) is 0 Å². The van der Waals surface area contributed by atoms with Crippen molar-refractivity contribution in [2.45, 2.75) is 45.1 Å². The highest BCUT2D eigenvalue weighted by atomic mass is 35.5. The van der Waals surface area contributed by atoms with Crippen LogP contribution in [0.5, 0.6) is 5.75 Å². The Bertz CT molecular complexity index is 1310. The lowest BCUT2D eigenvalue weighted by molar-refractivity contribution is -0.137. The zero-order chi connectivity index (χ0) is 23.6. The van der Waals surface area contributed by atoms with E-state index in [1.54, 1.807) is 32.0 Å². The molecule has 0 aliphatic heterocycles. The molecule has 9 heteroatoms. The Morgan fingerprint density at radius 2 is 1.81 bits per heavy atom. The maximum atomic E-state index is 12.9. The number of sulfonamides is 1. The van der Waals surface area contributed by atoms with Crippen LogP contribution >= 0.6 is 11.6 Å². The lowest BCUT2D eigenvalue weighted by Gasteiger charge is -2.21. The largest absolute Gasteiger partial charge is 0.424 e. The van der Waals surface area contributed by atoms with Crippen molar-refractivity contribution in [3.05, 3.63) is 69.0 Å². The molecule has 2 aromatic carbocycles. The smallest absolute Gasteiger partial charge is 0.336 e. The minimum Gasteiger partial charge on any atom is -0.424 e. The number of carbonyl (C=O) groups is 1. The second-order valence-electron chi connectivity index (χ2n) is 7.80. The maximum Gasteiger partial charge on any atom is 0.336 e. The van der Waals surface area contributed by atoms with Gasteiger partial charge in [-0.1, -0.05) is 50.1 Å². The van der Waals surface area contributed by atoms with E-state index in [4.69, 9.17) is 20.8 Å². The molecule has 7 nitrogen and oxygen atoms in total. The van der Waals surface area contributed by atoms with Crippen molar-refractivity contribution in [3.63, 3.8) is 0 Å². The summed E-state index contributed by atoms with van der Waals surface area (Å²) in [6.45, 7) is 7.12. The lowest BCUT2D eigenvalue weighted by Crippen LogP contribution is -2.46. The molecule has 0 saturated heterocycles. The van der Waals surface area contributed by atoms with Crippen LogP contribution in [0.25, 0.3) is 11.0 Å². The summed E-state index contributed by atoms with van der Waals surface area (Å²) in [6, 6.07) is 9.42. The van der Waals surface area contributed by atoms with E-state index in [1.807, 2.05) is 13.8 Å². The first-order valence-electron chi connectivity index (χ1n) is 10.1. The Labute approximate surface area is 191 Å². The Morgan fingerprint density at radius 1 is 1.16 bits per heavy atom. The molecule has 0 aliphatic carbocycles. The first kappa shape index (κ1) is 24.0. The highest BCUT2D eigenvalue weighted by Gasteiger charge is 2.30. The summed E-state index contributed by atoms with van der Waals surface area (Å²) in [6.07, 6.45) is 0.591. The van der Waals surface area contributed by atoms with E-state index in [0.29, 0.717) is 11.8 Å². The molecule has 0 saturated carbocycles. The van der Waals surface area contributed by atoms with Gasteiger partial charge in [0.2, 0.25) is 10.0 Å². The molecular weight excluding hydrogens is 454 g/mol. The first-order chi connectivity index (χ1) is 15.0. The molecule has 0 fully saturated rings. The van der Waals surface area contributed by atoms with Crippen molar-refractivity contribution in [2.24, 2.45) is 5.92 Å². The Kier molecular flexibility index (Phi) is 7.07. The Morgan fingerprint density at radius 3 is 2.41 bits per heavy atom. The lowest BCUT2D eigenvalue weighted by atomic mass is 10.1. The fraction of sp³-hybridized carbons (Fsp3) is 0.304. The van der Waals surface area contributed by atoms with Crippen molar-refractivity contribution < 1.29 is 22.4 Å². The van der Waals surface area contributed by atoms with E-state index in [0.717, 1.165) is 11.1 Å². The van der Waals surface area contributed by atoms with Crippen LogP contribution in [0.3, 0.4) is 0 Å². The van der Waals surface area contributed by atoms with Gasteiger partial charge in [0.1, 0.15) is 11.6 Å². The van der Waals surface area contributed by atoms with Crippen LogP contribution in [0.15, 0.2) is 56.6 Å². The summed E-state index contributed by atoms with van der Waals surface area (Å²) in [5.41, 5.74) is 1.36. The first-order valence-corrected chi connectivity index (χ1v) is 11.9. The monoisotopic (exact) mass is 477 g/mol. The molecule has 0 unspecified atom stereocenters. The fourth-order valence-electron chi connectivity index (χ4n) is 3.18. The number of ether oxygens (including phenoxy) is 1. The van der Waals surface area contributed by atoms with Gasteiger partial charge in [-0.3, -0.25) is 0 Å². The fourth-order valence-corrected chi connectivity index (χ4v) is 4.71. The van der Waals surface area contributed by atoms with Crippen LogP contribution in [0.1, 0.15) is 31.9 Å². The molecule has 1 heterocycles. The summed E-state index contributed by atoms with van der Waals surface area (Å²) in [7, 11) is -3.96. The molecule has 3 rings (SSSR count). The van der Waals surface area contributed by atoms with Gasteiger partial charge in [-0.05, 0) is 43.0 Å². The van der Waals surface area contributed by atoms with E-state index >= 15 is 0 Å². The molecule has 0 radical (unpaired) electrons. The van der Waals surface area contributed by atoms with Crippen LogP contribution < -0.4 is 15.1 Å². The molecule has 0 amide bonds. The van der Waals surface area contributed by atoms with Crippen molar-refractivity contribution in [3.8, 4) is 5.75 Å². The van der Waals surface area contributed by atoms with Crippen molar-refractivity contribution in [1.29, 1.82) is 0 Å². The maximum absolute atomic E-state index is 12.9. The number of esters is 1.